The SMILES string of the molecule is CCCCNCCNCc1ccc(OC(C)C)cc1. The first kappa shape index (κ1) is 16.0. The first-order chi connectivity index (χ1) is 9.22. The third kappa shape index (κ3) is 7.85. The van der Waals surface area contributed by atoms with E-state index < -0.39 is 0 Å². The molecule has 0 atom stereocenters. The van der Waals surface area contributed by atoms with Crippen molar-refractivity contribution in [2.75, 3.05) is 19.6 Å². The third-order valence-corrected chi connectivity index (χ3v) is 2.81. The molecule has 0 aromatic heterocycles. The molecule has 19 heavy (non-hydrogen) atoms. The molecule has 0 unspecified atom stereocenters. The summed E-state index contributed by atoms with van der Waals surface area (Å²) in [6.07, 6.45) is 2.75. The molecule has 1 aromatic rings. The van der Waals surface area contributed by atoms with E-state index in [0.29, 0.717) is 0 Å². The van der Waals surface area contributed by atoms with Crippen LogP contribution in [-0.2, 0) is 6.54 Å². The summed E-state index contributed by atoms with van der Waals surface area (Å²) in [5.74, 6) is 0.944. The number of benzene rings is 1. The predicted molar refractivity (Wildman–Crippen MR) is 81.7 cm³/mol. The van der Waals surface area contributed by atoms with Gasteiger partial charge in [-0.05, 0) is 44.5 Å². The summed E-state index contributed by atoms with van der Waals surface area (Å²) in [6.45, 7) is 10.4. The molecule has 0 saturated carbocycles. The van der Waals surface area contributed by atoms with Crippen LogP contribution in [0.25, 0.3) is 0 Å². The van der Waals surface area contributed by atoms with Gasteiger partial charge in [-0.15, -0.1) is 0 Å². The van der Waals surface area contributed by atoms with Gasteiger partial charge in [0, 0.05) is 19.6 Å². The van der Waals surface area contributed by atoms with Crippen LogP contribution in [0.2, 0.25) is 0 Å². The van der Waals surface area contributed by atoms with Gasteiger partial charge in [-0.1, -0.05) is 25.5 Å². The lowest BCUT2D eigenvalue weighted by molar-refractivity contribution is 0.242. The molecule has 108 valence electrons. The minimum absolute atomic E-state index is 0.234. The smallest absolute Gasteiger partial charge is 0.119 e. The number of nitrogens with one attached hydrogen (secondary N) is 2. The fraction of sp³-hybridized carbons (Fsp3) is 0.625. The molecular weight excluding hydrogens is 236 g/mol. The average molecular weight is 264 g/mol. The molecule has 0 aliphatic rings. The Bertz CT molecular complexity index is 322. The van der Waals surface area contributed by atoms with E-state index in [1.165, 1.54) is 18.4 Å². The normalized spacial score (nSPS) is 10.9. The van der Waals surface area contributed by atoms with Crippen LogP contribution in [0, 0.1) is 0 Å². The lowest BCUT2D eigenvalue weighted by atomic mass is 10.2. The molecule has 3 nitrogen and oxygen atoms in total. The van der Waals surface area contributed by atoms with Crippen molar-refractivity contribution in [3.8, 4) is 5.75 Å². The maximum absolute atomic E-state index is 5.62. The van der Waals surface area contributed by atoms with Gasteiger partial charge in [-0.2, -0.15) is 0 Å². The van der Waals surface area contributed by atoms with Crippen molar-refractivity contribution in [3.63, 3.8) is 0 Å². The molecule has 0 spiro atoms. The topological polar surface area (TPSA) is 33.3 Å². The molecule has 0 fully saturated rings. The van der Waals surface area contributed by atoms with E-state index in [2.05, 4.69) is 29.7 Å². The van der Waals surface area contributed by atoms with E-state index in [0.717, 1.165) is 31.9 Å². The van der Waals surface area contributed by atoms with Gasteiger partial charge in [0.05, 0.1) is 6.10 Å². The Kier molecular flexibility index (Phi) is 8.26. The standard InChI is InChI=1S/C16H28N2O/c1-4-5-10-17-11-12-18-13-15-6-8-16(9-7-15)19-14(2)3/h6-9,14,17-18H,4-5,10-13H2,1-3H3. The molecule has 0 aliphatic heterocycles. The molecule has 0 aliphatic carbocycles. The van der Waals surface area contributed by atoms with Gasteiger partial charge in [0.25, 0.3) is 0 Å². The highest BCUT2D eigenvalue weighted by Crippen LogP contribution is 2.13. The van der Waals surface area contributed by atoms with Crippen LogP contribution >= 0.6 is 0 Å². The summed E-state index contributed by atoms with van der Waals surface area (Å²) >= 11 is 0. The molecule has 1 rings (SSSR count). The van der Waals surface area contributed by atoms with E-state index in [-0.39, 0.29) is 6.10 Å². The molecule has 2 N–H and O–H groups in total. The molecular formula is C16H28N2O. The highest BCUT2D eigenvalue weighted by atomic mass is 16.5. The van der Waals surface area contributed by atoms with E-state index in [1.54, 1.807) is 0 Å². The lowest BCUT2D eigenvalue weighted by Crippen LogP contribution is -2.27. The van der Waals surface area contributed by atoms with Crippen molar-refractivity contribution in [1.29, 1.82) is 0 Å². The second-order valence-corrected chi connectivity index (χ2v) is 5.09. The van der Waals surface area contributed by atoms with Crippen molar-refractivity contribution >= 4 is 0 Å². The van der Waals surface area contributed by atoms with Gasteiger partial charge in [0.1, 0.15) is 5.75 Å². The van der Waals surface area contributed by atoms with Crippen LogP contribution in [-0.4, -0.2) is 25.7 Å². The Morgan fingerprint density at radius 2 is 1.68 bits per heavy atom. The van der Waals surface area contributed by atoms with Crippen LogP contribution in [0.3, 0.4) is 0 Å². The zero-order chi connectivity index (χ0) is 13.9. The number of hydrogen-bond acceptors (Lipinski definition) is 3. The largest absolute Gasteiger partial charge is 0.491 e. The van der Waals surface area contributed by atoms with Gasteiger partial charge in [-0.25, -0.2) is 0 Å². The molecule has 1 aromatic carbocycles. The van der Waals surface area contributed by atoms with Gasteiger partial charge >= 0.3 is 0 Å². The highest BCUT2D eigenvalue weighted by Gasteiger charge is 1.98. The molecule has 0 radical (unpaired) electrons. The Morgan fingerprint density at radius 3 is 2.32 bits per heavy atom. The number of rotatable bonds is 10. The zero-order valence-corrected chi connectivity index (χ0v) is 12.5. The van der Waals surface area contributed by atoms with Crippen molar-refractivity contribution in [3.05, 3.63) is 29.8 Å². The molecule has 0 saturated heterocycles. The van der Waals surface area contributed by atoms with Crippen LogP contribution in [0.5, 0.6) is 5.75 Å². The summed E-state index contributed by atoms with van der Waals surface area (Å²) in [5.41, 5.74) is 1.30. The van der Waals surface area contributed by atoms with Crippen molar-refractivity contribution in [2.24, 2.45) is 0 Å². The number of ether oxygens (including phenoxy) is 1. The van der Waals surface area contributed by atoms with Gasteiger partial charge < -0.3 is 15.4 Å². The van der Waals surface area contributed by atoms with Crippen LogP contribution in [0.4, 0.5) is 0 Å². The lowest BCUT2D eigenvalue weighted by Gasteiger charge is -2.10. The summed E-state index contributed by atoms with van der Waals surface area (Å²) in [6, 6.07) is 8.32. The molecule has 0 bridgehead atoms. The minimum atomic E-state index is 0.234. The fourth-order valence-corrected chi connectivity index (χ4v) is 1.79. The maximum Gasteiger partial charge on any atom is 0.119 e. The second-order valence-electron chi connectivity index (χ2n) is 5.09. The second kappa shape index (κ2) is 9.82. The Balaban J connectivity index is 2.12. The highest BCUT2D eigenvalue weighted by molar-refractivity contribution is 5.27. The number of hydrogen-bond donors (Lipinski definition) is 2. The Labute approximate surface area is 117 Å². The van der Waals surface area contributed by atoms with Crippen LogP contribution < -0.4 is 15.4 Å². The van der Waals surface area contributed by atoms with E-state index in [4.69, 9.17) is 4.74 Å². The average Bonchev–Trinajstić information content (AvgIpc) is 2.39. The first-order valence-electron chi connectivity index (χ1n) is 7.39. The summed E-state index contributed by atoms with van der Waals surface area (Å²) in [5, 5.41) is 6.86. The Hall–Kier alpha value is -1.06. The first-order valence-corrected chi connectivity index (χ1v) is 7.39. The van der Waals surface area contributed by atoms with Crippen LogP contribution in [0.1, 0.15) is 39.2 Å². The van der Waals surface area contributed by atoms with Crippen molar-refractivity contribution < 1.29 is 4.74 Å². The molecule has 0 heterocycles. The summed E-state index contributed by atoms with van der Waals surface area (Å²) in [7, 11) is 0. The van der Waals surface area contributed by atoms with Crippen molar-refractivity contribution in [2.45, 2.75) is 46.3 Å². The number of unbranched alkanes of at least 4 members (excludes halogenated alkanes) is 1. The van der Waals surface area contributed by atoms with Gasteiger partial charge in [0.2, 0.25) is 0 Å². The molecule has 0 amide bonds. The molecule has 3 heteroatoms. The van der Waals surface area contributed by atoms with Gasteiger partial charge in [0.15, 0.2) is 0 Å². The Morgan fingerprint density at radius 1 is 1.00 bits per heavy atom. The monoisotopic (exact) mass is 264 g/mol. The van der Waals surface area contributed by atoms with Crippen molar-refractivity contribution in [1.82, 2.24) is 10.6 Å². The van der Waals surface area contributed by atoms with E-state index in [1.807, 2.05) is 26.0 Å². The summed E-state index contributed by atoms with van der Waals surface area (Å²) < 4.78 is 5.62. The predicted octanol–water partition coefficient (Wildman–Crippen LogP) is 2.95. The van der Waals surface area contributed by atoms with E-state index in [9.17, 15) is 0 Å². The summed E-state index contributed by atoms with van der Waals surface area (Å²) in [4.78, 5) is 0. The van der Waals surface area contributed by atoms with Crippen LogP contribution in [0.15, 0.2) is 24.3 Å². The van der Waals surface area contributed by atoms with Gasteiger partial charge in [-0.3, -0.25) is 0 Å². The zero-order valence-electron chi connectivity index (χ0n) is 12.5. The fourth-order valence-electron chi connectivity index (χ4n) is 1.79. The minimum Gasteiger partial charge on any atom is -0.491 e. The quantitative estimate of drug-likeness (QED) is 0.637. The third-order valence-electron chi connectivity index (χ3n) is 2.81. The van der Waals surface area contributed by atoms with E-state index >= 15 is 0 Å². The maximum atomic E-state index is 5.62.